The Bertz CT molecular complexity index is 171. The van der Waals surface area contributed by atoms with E-state index in [0.29, 0.717) is 12.0 Å². The van der Waals surface area contributed by atoms with Crippen molar-refractivity contribution >= 4 is 5.96 Å². The van der Waals surface area contributed by atoms with E-state index in [9.17, 15) is 0 Å². The third kappa shape index (κ3) is 4.49. The highest BCUT2D eigenvalue weighted by atomic mass is 15.1. The molecule has 3 nitrogen and oxygen atoms in total. The molecule has 0 amide bonds. The molecule has 1 rings (SSSR count). The van der Waals surface area contributed by atoms with Crippen LogP contribution in [0.2, 0.25) is 0 Å². The summed E-state index contributed by atoms with van der Waals surface area (Å²) in [6.07, 6.45) is 8.83. The second-order valence-electron chi connectivity index (χ2n) is 4.10. The standard InChI is InChI=1S/C11H23N3/c1-2-3-6-9-13-11(12)14-10-7-4-5-8-10/h10H,2-9H2,1H3,(H3,12,13,14). The molecule has 1 fully saturated rings. The summed E-state index contributed by atoms with van der Waals surface area (Å²) < 4.78 is 0. The molecule has 0 bridgehead atoms. The maximum Gasteiger partial charge on any atom is 0.188 e. The first kappa shape index (κ1) is 11.3. The molecule has 0 unspecified atom stereocenters. The number of aliphatic imine (C=N–C) groups is 1. The van der Waals surface area contributed by atoms with Gasteiger partial charge in [-0.3, -0.25) is 4.99 Å². The topological polar surface area (TPSA) is 50.4 Å². The molecular weight excluding hydrogens is 174 g/mol. The Morgan fingerprint density at radius 1 is 1.36 bits per heavy atom. The molecule has 0 aromatic heterocycles. The zero-order valence-corrected chi connectivity index (χ0v) is 9.26. The van der Waals surface area contributed by atoms with E-state index in [4.69, 9.17) is 5.73 Å². The van der Waals surface area contributed by atoms with Gasteiger partial charge in [-0.1, -0.05) is 32.6 Å². The van der Waals surface area contributed by atoms with Gasteiger partial charge in [0, 0.05) is 12.6 Å². The van der Waals surface area contributed by atoms with Crippen molar-refractivity contribution in [3.63, 3.8) is 0 Å². The molecule has 0 atom stereocenters. The third-order valence-electron chi connectivity index (χ3n) is 2.75. The number of hydrogen-bond acceptors (Lipinski definition) is 1. The molecule has 3 N–H and O–H groups in total. The van der Waals surface area contributed by atoms with E-state index in [-0.39, 0.29) is 0 Å². The number of nitrogens with two attached hydrogens (primary N) is 1. The molecule has 0 saturated heterocycles. The molecule has 1 aliphatic rings. The molecule has 3 heteroatoms. The average molecular weight is 197 g/mol. The lowest BCUT2D eigenvalue weighted by Crippen LogP contribution is -2.38. The lowest BCUT2D eigenvalue weighted by molar-refractivity contribution is 0.623. The quantitative estimate of drug-likeness (QED) is 0.402. The Balaban J connectivity index is 2.09. The molecule has 82 valence electrons. The fourth-order valence-electron chi connectivity index (χ4n) is 1.89. The predicted octanol–water partition coefficient (Wildman–Crippen LogP) is 2.02. The Labute approximate surface area is 87.2 Å². The van der Waals surface area contributed by atoms with Crippen LogP contribution in [0.1, 0.15) is 51.9 Å². The number of unbranched alkanes of at least 4 members (excludes halogenated alkanes) is 2. The van der Waals surface area contributed by atoms with Crippen LogP contribution >= 0.6 is 0 Å². The first-order chi connectivity index (χ1) is 6.83. The molecule has 0 radical (unpaired) electrons. The molecule has 0 aromatic rings. The van der Waals surface area contributed by atoms with Crippen molar-refractivity contribution < 1.29 is 0 Å². The molecule has 14 heavy (non-hydrogen) atoms. The van der Waals surface area contributed by atoms with Gasteiger partial charge >= 0.3 is 0 Å². The summed E-state index contributed by atoms with van der Waals surface area (Å²) >= 11 is 0. The second-order valence-corrected chi connectivity index (χ2v) is 4.10. The summed E-state index contributed by atoms with van der Waals surface area (Å²) in [6, 6.07) is 0.588. The molecule has 0 aliphatic heterocycles. The monoisotopic (exact) mass is 197 g/mol. The number of guanidine groups is 1. The minimum absolute atomic E-state index is 0.588. The summed E-state index contributed by atoms with van der Waals surface area (Å²) in [7, 11) is 0. The molecule has 0 aromatic carbocycles. The Kier molecular flexibility index (Phi) is 5.42. The first-order valence-electron chi connectivity index (χ1n) is 5.89. The van der Waals surface area contributed by atoms with E-state index in [0.717, 1.165) is 13.0 Å². The number of rotatable bonds is 5. The van der Waals surface area contributed by atoms with Crippen molar-refractivity contribution in [1.82, 2.24) is 5.32 Å². The van der Waals surface area contributed by atoms with Crippen LogP contribution in [0.25, 0.3) is 0 Å². The van der Waals surface area contributed by atoms with Gasteiger partial charge in [-0.15, -0.1) is 0 Å². The van der Waals surface area contributed by atoms with Crippen LogP contribution in [0.3, 0.4) is 0 Å². The highest BCUT2D eigenvalue weighted by Gasteiger charge is 2.14. The summed E-state index contributed by atoms with van der Waals surface area (Å²) in [5.74, 6) is 0.646. The van der Waals surface area contributed by atoms with Gasteiger partial charge in [0.25, 0.3) is 0 Å². The zero-order chi connectivity index (χ0) is 10.2. The summed E-state index contributed by atoms with van der Waals surface area (Å²) in [5.41, 5.74) is 5.77. The highest BCUT2D eigenvalue weighted by molar-refractivity contribution is 5.78. The van der Waals surface area contributed by atoms with Crippen LogP contribution in [0.15, 0.2) is 4.99 Å². The average Bonchev–Trinajstić information content (AvgIpc) is 2.65. The van der Waals surface area contributed by atoms with Crippen LogP contribution in [0.4, 0.5) is 0 Å². The third-order valence-corrected chi connectivity index (χ3v) is 2.75. The zero-order valence-electron chi connectivity index (χ0n) is 9.26. The van der Waals surface area contributed by atoms with E-state index in [1.54, 1.807) is 0 Å². The second kappa shape index (κ2) is 6.68. The molecular formula is C11H23N3. The molecule has 1 aliphatic carbocycles. The van der Waals surface area contributed by atoms with Crippen LogP contribution in [0, 0.1) is 0 Å². The number of nitrogens with zero attached hydrogens (tertiary/aromatic N) is 1. The van der Waals surface area contributed by atoms with Gasteiger partial charge < -0.3 is 11.1 Å². The van der Waals surface area contributed by atoms with Gasteiger partial charge in [-0.05, 0) is 19.3 Å². The fraction of sp³-hybridized carbons (Fsp3) is 0.909. The van der Waals surface area contributed by atoms with Crippen LogP contribution in [0.5, 0.6) is 0 Å². The van der Waals surface area contributed by atoms with Crippen molar-refractivity contribution in [2.45, 2.75) is 57.9 Å². The van der Waals surface area contributed by atoms with Gasteiger partial charge in [0.1, 0.15) is 0 Å². The van der Waals surface area contributed by atoms with E-state index in [2.05, 4.69) is 17.2 Å². The smallest absolute Gasteiger partial charge is 0.188 e. The maximum absolute atomic E-state index is 5.77. The van der Waals surface area contributed by atoms with Crippen molar-refractivity contribution in [2.75, 3.05) is 6.54 Å². The SMILES string of the molecule is CCCCCN=C(N)NC1CCCC1. The van der Waals surface area contributed by atoms with Gasteiger partial charge in [0.2, 0.25) is 0 Å². The van der Waals surface area contributed by atoms with E-state index in [1.165, 1.54) is 38.5 Å². The van der Waals surface area contributed by atoms with Gasteiger partial charge in [-0.25, -0.2) is 0 Å². The molecule has 1 saturated carbocycles. The van der Waals surface area contributed by atoms with E-state index < -0.39 is 0 Å². The van der Waals surface area contributed by atoms with Crippen molar-refractivity contribution in [3.8, 4) is 0 Å². The summed E-state index contributed by atoms with van der Waals surface area (Å²) in [4.78, 5) is 4.31. The number of nitrogens with one attached hydrogen (secondary N) is 1. The minimum atomic E-state index is 0.588. The summed E-state index contributed by atoms with van der Waals surface area (Å²) in [6.45, 7) is 3.07. The normalized spacial score (nSPS) is 18.8. The van der Waals surface area contributed by atoms with Crippen molar-refractivity contribution in [2.24, 2.45) is 10.7 Å². The van der Waals surface area contributed by atoms with Crippen molar-refractivity contribution in [3.05, 3.63) is 0 Å². The van der Waals surface area contributed by atoms with Gasteiger partial charge in [0.05, 0.1) is 0 Å². The predicted molar refractivity (Wildman–Crippen MR) is 61.4 cm³/mol. The lowest BCUT2D eigenvalue weighted by Gasteiger charge is -2.11. The Hall–Kier alpha value is -0.730. The van der Waals surface area contributed by atoms with E-state index >= 15 is 0 Å². The molecule has 0 heterocycles. The van der Waals surface area contributed by atoms with E-state index in [1.807, 2.05) is 0 Å². The summed E-state index contributed by atoms with van der Waals surface area (Å²) in [5, 5.41) is 3.28. The Morgan fingerprint density at radius 2 is 2.07 bits per heavy atom. The highest BCUT2D eigenvalue weighted by Crippen LogP contribution is 2.17. The number of hydrogen-bond donors (Lipinski definition) is 2. The van der Waals surface area contributed by atoms with Gasteiger partial charge in [-0.2, -0.15) is 0 Å². The lowest BCUT2D eigenvalue weighted by atomic mass is 10.2. The Morgan fingerprint density at radius 3 is 2.71 bits per heavy atom. The first-order valence-corrected chi connectivity index (χ1v) is 5.89. The largest absolute Gasteiger partial charge is 0.370 e. The van der Waals surface area contributed by atoms with Crippen LogP contribution < -0.4 is 11.1 Å². The maximum atomic E-state index is 5.77. The fourth-order valence-corrected chi connectivity index (χ4v) is 1.89. The van der Waals surface area contributed by atoms with Crippen molar-refractivity contribution in [1.29, 1.82) is 0 Å². The van der Waals surface area contributed by atoms with Crippen LogP contribution in [-0.4, -0.2) is 18.5 Å². The minimum Gasteiger partial charge on any atom is -0.370 e. The van der Waals surface area contributed by atoms with Crippen LogP contribution in [-0.2, 0) is 0 Å². The van der Waals surface area contributed by atoms with Gasteiger partial charge in [0.15, 0.2) is 5.96 Å². The molecule has 0 spiro atoms.